The topological polar surface area (TPSA) is 26.5 Å². The zero-order valence-corrected chi connectivity index (χ0v) is 14.9. The Bertz CT molecular complexity index is 1070. The van der Waals surface area contributed by atoms with Crippen LogP contribution in [0, 0.1) is 6.92 Å². The fraction of sp³-hybridized carbons (Fsp3) is 0.0870. The molecule has 1 aromatic heterocycles. The van der Waals surface area contributed by atoms with Crippen LogP contribution in [0.15, 0.2) is 83.9 Å². The van der Waals surface area contributed by atoms with E-state index < -0.39 is 0 Å². The van der Waals surface area contributed by atoms with Gasteiger partial charge in [-0.25, -0.2) is 0 Å². The number of fused-ring (bicyclic) bond motifs is 1. The number of rotatable bonds is 4. The standard InChI is InChI=1S/C23H20N2O/c1-17-10-11-20(25(17)19-12-14-21(26-2)15-13-19)16-24-23-9-5-7-18-6-3-4-8-22(18)23/h3-16H,1-2H3. The van der Waals surface area contributed by atoms with Crippen LogP contribution < -0.4 is 4.74 Å². The molecule has 0 spiro atoms. The van der Waals surface area contributed by atoms with Crippen LogP contribution in [-0.2, 0) is 0 Å². The van der Waals surface area contributed by atoms with Gasteiger partial charge in [0.2, 0.25) is 0 Å². The van der Waals surface area contributed by atoms with Crippen molar-refractivity contribution in [2.24, 2.45) is 4.99 Å². The summed E-state index contributed by atoms with van der Waals surface area (Å²) in [5.41, 5.74) is 4.27. The Hall–Kier alpha value is -3.33. The largest absolute Gasteiger partial charge is 0.497 e. The lowest BCUT2D eigenvalue weighted by Crippen LogP contribution is -2.01. The molecule has 0 aliphatic heterocycles. The average Bonchev–Trinajstić information content (AvgIpc) is 3.07. The molecule has 4 rings (SSSR count). The first-order chi connectivity index (χ1) is 12.8. The van der Waals surface area contributed by atoms with Crippen molar-refractivity contribution in [3.63, 3.8) is 0 Å². The minimum absolute atomic E-state index is 0.851. The van der Waals surface area contributed by atoms with Gasteiger partial charge in [0.25, 0.3) is 0 Å². The van der Waals surface area contributed by atoms with Crippen LogP contribution in [0.1, 0.15) is 11.4 Å². The lowest BCUT2D eigenvalue weighted by atomic mass is 10.1. The molecule has 0 N–H and O–H groups in total. The van der Waals surface area contributed by atoms with Crippen LogP contribution in [0.5, 0.6) is 5.75 Å². The highest BCUT2D eigenvalue weighted by Gasteiger charge is 2.06. The predicted molar refractivity (Wildman–Crippen MR) is 108 cm³/mol. The van der Waals surface area contributed by atoms with Gasteiger partial charge in [0.15, 0.2) is 0 Å². The number of nitrogens with zero attached hydrogens (tertiary/aromatic N) is 2. The van der Waals surface area contributed by atoms with E-state index in [1.54, 1.807) is 7.11 Å². The summed E-state index contributed by atoms with van der Waals surface area (Å²) in [7, 11) is 1.68. The van der Waals surface area contributed by atoms with E-state index in [1.807, 2.05) is 42.6 Å². The van der Waals surface area contributed by atoms with Gasteiger partial charge in [-0.15, -0.1) is 0 Å². The summed E-state index contributed by atoms with van der Waals surface area (Å²) in [6.45, 7) is 2.10. The number of methoxy groups -OCH3 is 1. The number of benzene rings is 3. The normalized spacial score (nSPS) is 11.3. The first kappa shape index (κ1) is 16.2. The van der Waals surface area contributed by atoms with E-state index >= 15 is 0 Å². The van der Waals surface area contributed by atoms with Crippen molar-refractivity contribution >= 4 is 22.7 Å². The number of hydrogen-bond donors (Lipinski definition) is 0. The van der Waals surface area contributed by atoms with Crippen molar-refractivity contribution in [3.05, 3.63) is 90.3 Å². The van der Waals surface area contributed by atoms with E-state index in [1.165, 1.54) is 5.39 Å². The summed E-state index contributed by atoms with van der Waals surface area (Å²) in [6.07, 6.45) is 1.93. The molecule has 3 heteroatoms. The Morgan fingerprint density at radius 3 is 2.42 bits per heavy atom. The van der Waals surface area contributed by atoms with Crippen molar-refractivity contribution < 1.29 is 4.74 Å². The van der Waals surface area contributed by atoms with Crippen LogP contribution in [0.4, 0.5) is 5.69 Å². The molecule has 4 aromatic rings. The van der Waals surface area contributed by atoms with Gasteiger partial charge < -0.3 is 9.30 Å². The molecule has 0 bridgehead atoms. The molecule has 0 saturated heterocycles. The molecule has 0 aliphatic carbocycles. The third kappa shape index (κ3) is 3.00. The number of ether oxygens (including phenoxy) is 1. The van der Waals surface area contributed by atoms with Gasteiger partial charge in [-0.1, -0.05) is 36.4 Å². The van der Waals surface area contributed by atoms with Gasteiger partial charge in [0, 0.05) is 16.8 Å². The lowest BCUT2D eigenvalue weighted by Gasteiger charge is -2.10. The first-order valence-electron chi connectivity index (χ1n) is 8.61. The Balaban J connectivity index is 1.74. The van der Waals surface area contributed by atoms with E-state index in [0.29, 0.717) is 0 Å². The van der Waals surface area contributed by atoms with Crippen LogP contribution >= 0.6 is 0 Å². The molecule has 1 heterocycles. The highest BCUT2D eigenvalue weighted by Crippen LogP contribution is 2.26. The highest BCUT2D eigenvalue weighted by atomic mass is 16.5. The van der Waals surface area contributed by atoms with Gasteiger partial charge in [-0.2, -0.15) is 0 Å². The van der Waals surface area contributed by atoms with Crippen LogP contribution in [-0.4, -0.2) is 17.9 Å². The number of aliphatic imine (C=N–C) groups is 1. The zero-order valence-electron chi connectivity index (χ0n) is 14.9. The van der Waals surface area contributed by atoms with Gasteiger partial charge in [0.05, 0.1) is 24.7 Å². The minimum Gasteiger partial charge on any atom is -0.497 e. The Labute approximate surface area is 153 Å². The summed E-state index contributed by atoms with van der Waals surface area (Å²) < 4.78 is 7.45. The molecule has 3 nitrogen and oxygen atoms in total. The second kappa shape index (κ2) is 6.89. The Kier molecular flexibility index (Phi) is 4.28. The molecule has 3 aromatic carbocycles. The van der Waals surface area contributed by atoms with Crippen LogP contribution in [0.25, 0.3) is 16.5 Å². The third-order valence-electron chi connectivity index (χ3n) is 4.54. The predicted octanol–water partition coefficient (Wildman–Crippen LogP) is 5.70. The third-order valence-corrected chi connectivity index (χ3v) is 4.54. The fourth-order valence-corrected chi connectivity index (χ4v) is 3.20. The van der Waals surface area contributed by atoms with E-state index in [-0.39, 0.29) is 0 Å². The van der Waals surface area contributed by atoms with Gasteiger partial charge >= 0.3 is 0 Å². The highest BCUT2D eigenvalue weighted by molar-refractivity contribution is 5.95. The molecular weight excluding hydrogens is 320 g/mol. The van der Waals surface area contributed by atoms with E-state index in [9.17, 15) is 0 Å². The molecule has 0 atom stereocenters. The zero-order chi connectivity index (χ0) is 17.9. The molecular formula is C23H20N2O. The average molecular weight is 340 g/mol. The monoisotopic (exact) mass is 340 g/mol. The number of aromatic nitrogens is 1. The maximum absolute atomic E-state index is 5.26. The summed E-state index contributed by atoms with van der Waals surface area (Å²) in [5, 5.41) is 2.36. The van der Waals surface area contributed by atoms with Gasteiger partial charge in [-0.05, 0) is 54.8 Å². The Morgan fingerprint density at radius 1 is 0.846 bits per heavy atom. The second-order valence-electron chi connectivity index (χ2n) is 6.19. The maximum Gasteiger partial charge on any atom is 0.119 e. The van der Waals surface area contributed by atoms with E-state index in [4.69, 9.17) is 9.73 Å². The van der Waals surface area contributed by atoms with E-state index in [0.717, 1.165) is 33.9 Å². The summed E-state index contributed by atoms with van der Waals surface area (Å²) in [4.78, 5) is 4.77. The lowest BCUT2D eigenvalue weighted by molar-refractivity contribution is 0.414. The fourth-order valence-electron chi connectivity index (χ4n) is 3.20. The molecule has 0 fully saturated rings. The van der Waals surface area contributed by atoms with Gasteiger partial charge in [0.1, 0.15) is 5.75 Å². The molecule has 26 heavy (non-hydrogen) atoms. The van der Waals surface area contributed by atoms with Crippen LogP contribution in [0.3, 0.4) is 0 Å². The molecule has 0 saturated carbocycles. The molecule has 128 valence electrons. The number of hydrogen-bond acceptors (Lipinski definition) is 2. The molecule has 0 radical (unpaired) electrons. The second-order valence-corrected chi connectivity index (χ2v) is 6.19. The number of aryl methyl sites for hydroxylation is 1. The molecule has 0 aliphatic rings. The van der Waals surface area contributed by atoms with E-state index in [2.05, 4.69) is 54.0 Å². The van der Waals surface area contributed by atoms with Crippen molar-refractivity contribution in [2.75, 3.05) is 7.11 Å². The summed E-state index contributed by atoms with van der Waals surface area (Å²) >= 11 is 0. The molecule has 0 amide bonds. The van der Waals surface area contributed by atoms with Crippen molar-refractivity contribution in [2.45, 2.75) is 6.92 Å². The smallest absolute Gasteiger partial charge is 0.119 e. The SMILES string of the molecule is COc1ccc(-n2c(C)ccc2C=Nc2cccc3ccccc23)cc1. The Morgan fingerprint density at radius 2 is 1.62 bits per heavy atom. The van der Waals surface area contributed by atoms with Crippen molar-refractivity contribution in [1.29, 1.82) is 0 Å². The van der Waals surface area contributed by atoms with Crippen molar-refractivity contribution in [1.82, 2.24) is 4.57 Å². The molecule has 0 unspecified atom stereocenters. The first-order valence-corrected chi connectivity index (χ1v) is 8.61. The van der Waals surface area contributed by atoms with Gasteiger partial charge in [-0.3, -0.25) is 4.99 Å². The maximum atomic E-state index is 5.26. The van der Waals surface area contributed by atoms with Crippen molar-refractivity contribution in [3.8, 4) is 11.4 Å². The van der Waals surface area contributed by atoms with Crippen LogP contribution in [0.2, 0.25) is 0 Å². The quantitative estimate of drug-likeness (QED) is 0.438. The summed E-state index contributed by atoms with van der Waals surface area (Å²) in [6, 6.07) is 26.8. The summed E-state index contributed by atoms with van der Waals surface area (Å²) in [5.74, 6) is 0.851. The minimum atomic E-state index is 0.851.